The van der Waals surface area contributed by atoms with Crippen LogP contribution in [0.5, 0.6) is 0 Å². The van der Waals surface area contributed by atoms with E-state index in [2.05, 4.69) is 0 Å². The quantitative estimate of drug-likeness (QED) is 0.380. The fourth-order valence-corrected chi connectivity index (χ4v) is 0. The van der Waals surface area contributed by atoms with Crippen molar-refractivity contribution in [2.24, 2.45) is 0 Å². The second kappa shape index (κ2) is 3.53. The summed E-state index contributed by atoms with van der Waals surface area (Å²) in [7, 11) is 0. The van der Waals surface area contributed by atoms with Crippen LogP contribution >= 0.6 is 0 Å². The molecule has 0 spiro atoms. The minimum absolute atomic E-state index is 0. The van der Waals surface area contributed by atoms with Gasteiger partial charge in [-0.25, -0.2) is 0 Å². The summed E-state index contributed by atoms with van der Waals surface area (Å²) in [5.41, 5.74) is 0.693. The standard InChI is InChI=1S/CH5AsO3.Ca/c1-2(3,4)5;/h1H3,(H2,3,4,5);/q;+2/p-2. The molecular formula is CH3AsCaO3. The van der Waals surface area contributed by atoms with Crippen LogP contribution < -0.4 is 8.19 Å². The van der Waals surface area contributed by atoms with Crippen molar-refractivity contribution in [3.05, 3.63) is 0 Å². The minimum atomic E-state index is -4.62. The fourth-order valence-electron chi connectivity index (χ4n) is 0. The molecule has 0 saturated heterocycles. The van der Waals surface area contributed by atoms with Crippen molar-refractivity contribution in [2.75, 3.05) is 0 Å². The summed E-state index contributed by atoms with van der Waals surface area (Å²) in [6.07, 6.45) is 0. The Morgan fingerprint density at radius 1 is 1.50 bits per heavy atom. The van der Waals surface area contributed by atoms with Crippen LogP contribution in [-0.4, -0.2) is 51.9 Å². The van der Waals surface area contributed by atoms with E-state index >= 15 is 0 Å². The summed E-state index contributed by atoms with van der Waals surface area (Å²) in [5, 5.41) is 0. The SMILES string of the molecule is C[As](=O)([O-])[O-].[Ca+2]. The Labute approximate surface area is 68.7 Å². The predicted molar refractivity (Wildman–Crippen MR) is 18.1 cm³/mol. The van der Waals surface area contributed by atoms with Gasteiger partial charge in [0.25, 0.3) is 0 Å². The summed E-state index contributed by atoms with van der Waals surface area (Å²) in [6.45, 7) is 0. The van der Waals surface area contributed by atoms with Gasteiger partial charge in [0.05, 0.1) is 0 Å². The molecule has 0 aromatic carbocycles. The van der Waals surface area contributed by atoms with E-state index in [4.69, 9.17) is 11.9 Å². The summed E-state index contributed by atoms with van der Waals surface area (Å²) < 4.78 is 27.5. The Hall–Kier alpha value is 1.54. The van der Waals surface area contributed by atoms with E-state index < -0.39 is 14.2 Å². The average Bonchev–Trinajstić information content (AvgIpc) is 0.722. The van der Waals surface area contributed by atoms with Crippen LogP contribution in [0.4, 0.5) is 0 Å². The summed E-state index contributed by atoms with van der Waals surface area (Å²) in [4.78, 5) is 0. The predicted octanol–water partition coefficient (Wildman–Crippen LogP) is -2.67. The first-order chi connectivity index (χ1) is 2.00. The van der Waals surface area contributed by atoms with Gasteiger partial charge in [-0.05, 0) is 0 Å². The maximum atomic E-state index is 9.16. The van der Waals surface area contributed by atoms with E-state index in [0.717, 1.165) is 0 Å². The van der Waals surface area contributed by atoms with Crippen LogP contribution in [0, 0.1) is 0 Å². The third-order valence-corrected chi connectivity index (χ3v) is 0. The van der Waals surface area contributed by atoms with Crippen LogP contribution in [0.15, 0.2) is 0 Å². The Kier molecular flexibility index (Phi) is 6.18. The monoisotopic (exact) mass is 178 g/mol. The molecule has 0 unspecified atom stereocenters. The van der Waals surface area contributed by atoms with Gasteiger partial charge in [0, 0.05) is 0 Å². The van der Waals surface area contributed by atoms with Crippen LogP contribution in [0.3, 0.4) is 0 Å². The zero-order valence-electron chi connectivity index (χ0n) is 3.38. The number of hydrogen-bond acceptors (Lipinski definition) is 3. The molecule has 6 heavy (non-hydrogen) atoms. The smallest absolute Gasteiger partial charge is 2.00 e. The molecule has 0 N–H and O–H groups in total. The van der Waals surface area contributed by atoms with E-state index in [-0.39, 0.29) is 37.7 Å². The van der Waals surface area contributed by atoms with Gasteiger partial charge in [-0.1, -0.05) is 0 Å². The third-order valence-electron chi connectivity index (χ3n) is 0. The molecule has 0 aliphatic rings. The van der Waals surface area contributed by atoms with Crippen molar-refractivity contribution >= 4 is 51.9 Å². The molecule has 0 fully saturated rings. The van der Waals surface area contributed by atoms with Gasteiger partial charge < -0.3 is 0 Å². The Balaban J connectivity index is 0. The molecule has 0 aliphatic carbocycles. The first kappa shape index (κ1) is 10.5. The molecule has 0 amide bonds. The summed E-state index contributed by atoms with van der Waals surface area (Å²) in [5.74, 6) is 0. The summed E-state index contributed by atoms with van der Waals surface area (Å²) >= 11 is -4.62. The van der Waals surface area contributed by atoms with Gasteiger partial charge in [0.15, 0.2) is 0 Å². The Morgan fingerprint density at radius 3 is 1.50 bits per heavy atom. The van der Waals surface area contributed by atoms with Crippen molar-refractivity contribution in [3.8, 4) is 0 Å². The van der Waals surface area contributed by atoms with Gasteiger partial charge in [-0.15, -0.1) is 0 Å². The summed E-state index contributed by atoms with van der Waals surface area (Å²) in [6, 6.07) is 0. The van der Waals surface area contributed by atoms with Crippen molar-refractivity contribution in [1.29, 1.82) is 0 Å². The molecule has 32 valence electrons. The second-order valence-electron chi connectivity index (χ2n) is 0.771. The molecule has 0 radical (unpaired) electrons. The van der Waals surface area contributed by atoms with Gasteiger partial charge in [-0.3, -0.25) is 0 Å². The Morgan fingerprint density at radius 2 is 1.50 bits per heavy atom. The zero-order chi connectivity index (χ0) is 4.50. The van der Waals surface area contributed by atoms with E-state index in [1.807, 2.05) is 0 Å². The van der Waals surface area contributed by atoms with Gasteiger partial charge in [-0.2, -0.15) is 0 Å². The zero-order valence-corrected chi connectivity index (χ0v) is 7.46. The molecule has 0 heterocycles. The molecule has 0 bridgehead atoms. The molecule has 3 nitrogen and oxygen atoms in total. The molecule has 0 aliphatic heterocycles. The van der Waals surface area contributed by atoms with Crippen LogP contribution in [0.1, 0.15) is 0 Å². The maximum Gasteiger partial charge on any atom is 2.00 e. The van der Waals surface area contributed by atoms with Crippen molar-refractivity contribution < 1.29 is 11.9 Å². The molecule has 0 rings (SSSR count). The van der Waals surface area contributed by atoms with Crippen molar-refractivity contribution in [3.63, 3.8) is 0 Å². The largest absolute Gasteiger partial charge is 2.00 e. The van der Waals surface area contributed by atoms with Crippen molar-refractivity contribution in [1.82, 2.24) is 0 Å². The Bertz CT molecular complexity index is 56.9. The van der Waals surface area contributed by atoms with Gasteiger partial charge in [0.1, 0.15) is 0 Å². The first-order valence-electron chi connectivity index (χ1n) is 0.995. The van der Waals surface area contributed by atoms with E-state index in [9.17, 15) is 0 Å². The topological polar surface area (TPSA) is 63.2 Å². The third kappa shape index (κ3) is 48.2. The first-order valence-corrected chi connectivity index (χ1v) is 5.17. The fraction of sp³-hybridized carbons (Fsp3) is 1.00. The van der Waals surface area contributed by atoms with E-state index in [0.29, 0.717) is 5.71 Å². The van der Waals surface area contributed by atoms with E-state index in [1.165, 1.54) is 0 Å². The molecular weight excluding hydrogens is 175 g/mol. The molecule has 0 saturated carbocycles. The average molecular weight is 178 g/mol. The molecule has 0 aromatic rings. The van der Waals surface area contributed by atoms with Crippen LogP contribution in [0.25, 0.3) is 0 Å². The normalized spacial score (nSPS) is 9.83. The molecule has 5 heteroatoms. The van der Waals surface area contributed by atoms with Crippen LogP contribution in [0.2, 0.25) is 5.71 Å². The van der Waals surface area contributed by atoms with Gasteiger partial charge in [0.2, 0.25) is 0 Å². The maximum absolute atomic E-state index is 9.16. The molecule has 0 aromatic heterocycles. The van der Waals surface area contributed by atoms with Crippen molar-refractivity contribution in [2.45, 2.75) is 5.71 Å². The second-order valence-corrected chi connectivity index (χ2v) is 4.01. The number of hydrogen-bond donors (Lipinski definition) is 0. The molecule has 0 atom stereocenters. The van der Waals surface area contributed by atoms with E-state index in [1.54, 1.807) is 0 Å². The minimum Gasteiger partial charge on any atom is 2.00 e. The van der Waals surface area contributed by atoms with Crippen LogP contribution in [-0.2, 0) is 3.74 Å². The number of rotatable bonds is 0. The van der Waals surface area contributed by atoms with Gasteiger partial charge >= 0.3 is 69.6 Å².